The van der Waals surface area contributed by atoms with Crippen LogP contribution in [0, 0.1) is 5.92 Å². The first-order chi connectivity index (χ1) is 8.77. The Kier molecular flexibility index (Phi) is 4.37. The molecule has 0 aliphatic rings. The molecule has 0 aromatic carbocycles. The van der Waals surface area contributed by atoms with Crippen molar-refractivity contribution < 1.29 is 0 Å². The van der Waals surface area contributed by atoms with E-state index >= 15 is 0 Å². The first kappa shape index (κ1) is 13.1. The van der Waals surface area contributed by atoms with E-state index in [2.05, 4.69) is 43.3 Å². The zero-order valence-electron chi connectivity index (χ0n) is 11.6. The van der Waals surface area contributed by atoms with E-state index < -0.39 is 0 Å². The van der Waals surface area contributed by atoms with Crippen molar-refractivity contribution in [1.29, 1.82) is 0 Å². The summed E-state index contributed by atoms with van der Waals surface area (Å²) in [5.74, 6) is 0.628. The largest absolute Gasteiger partial charge is 0.310 e. The smallest absolute Gasteiger partial charge is 0.0709 e. The summed E-state index contributed by atoms with van der Waals surface area (Å²) < 4.78 is 1.96. The lowest BCUT2D eigenvalue weighted by atomic mass is 9.91. The molecular formula is C15H23N3. The topological polar surface area (TPSA) is 29.3 Å². The molecule has 3 nitrogen and oxygen atoms in total. The predicted molar refractivity (Wildman–Crippen MR) is 75.7 cm³/mol. The number of pyridine rings is 1. The summed E-state index contributed by atoms with van der Waals surface area (Å²) in [6, 6.07) is 6.63. The highest BCUT2D eigenvalue weighted by atomic mass is 15.2. The Bertz CT molecular complexity index is 489. The lowest BCUT2D eigenvalue weighted by Crippen LogP contribution is -2.26. The van der Waals surface area contributed by atoms with E-state index in [9.17, 15) is 0 Å². The van der Waals surface area contributed by atoms with Gasteiger partial charge in [0.05, 0.1) is 11.7 Å². The van der Waals surface area contributed by atoms with Crippen molar-refractivity contribution in [2.75, 3.05) is 6.54 Å². The quantitative estimate of drug-likeness (QED) is 0.845. The molecule has 2 unspecified atom stereocenters. The van der Waals surface area contributed by atoms with E-state index in [1.165, 1.54) is 23.9 Å². The van der Waals surface area contributed by atoms with Gasteiger partial charge in [0.25, 0.3) is 0 Å². The van der Waals surface area contributed by atoms with Gasteiger partial charge in [0.1, 0.15) is 0 Å². The molecule has 1 N–H and O–H groups in total. The second kappa shape index (κ2) is 6.01. The van der Waals surface area contributed by atoms with Gasteiger partial charge in [0.2, 0.25) is 0 Å². The van der Waals surface area contributed by atoms with E-state index in [-0.39, 0.29) is 0 Å². The van der Waals surface area contributed by atoms with E-state index in [1.54, 1.807) is 0 Å². The Morgan fingerprint density at radius 3 is 2.89 bits per heavy atom. The van der Waals surface area contributed by atoms with Crippen LogP contribution in [-0.2, 0) is 0 Å². The average Bonchev–Trinajstić information content (AvgIpc) is 2.80. The molecule has 98 valence electrons. The molecule has 0 saturated carbocycles. The summed E-state index contributed by atoms with van der Waals surface area (Å²) in [6.07, 6.45) is 6.48. The maximum Gasteiger partial charge on any atom is 0.0709 e. The summed E-state index contributed by atoms with van der Waals surface area (Å²) in [5.41, 5.74) is 2.53. The van der Waals surface area contributed by atoms with Crippen LogP contribution in [0.1, 0.15) is 45.2 Å². The van der Waals surface area contributed by atoms with Crippen LogP contribution in [0.3, 0.4) is 0 Å². The minimum atomic E-state index is 0.398. The van der Waals surface area contributed by atoms with Crippen LogP contribution in [0.15, 0.2) is 30.6 Å². The van der Waals surface area contributed by atoms with Crippen molar-refractivity contribution in [3.05, 3.63) is 36.2 Å². The van der Waals surface area contributed by atoms with Crippen LogP contribution in [0.2, 0.25) is 0 Å². The van der Waals surface area contributed by atoms with Crippen LogP contribution in [0.5, 0.6) is 0 Å². The summed E-state index contributed by atoms with van der Waals surface area (Å²) in [6.45, 7) is 7.72. The van der Waals surface area contributed by atoms with Crippen LogP contribution in [-0.4, -0.2) is 16.2 Å². The number of aromatic nitrogens is 2. The number of nitrogens with zero attached hydrogens (tertiary/aromatic N) is 2. The molecule has 2 aromatic rings. The Balaban J connectivity index is 2.35. The molecule has 0 amide bonds. The van der Waals surface area contributed by atoms with Gasteiger partial charge < -0.3 is 5.32 Å². The van der Waals surface area contributed by atoms with Gasteiger partial charge in [-0.15, -0.1) is 0 Å². The third-order valence-corrected chi connectivity index (χ3v) is 3.53. The fourth-order valence-electron chi connectivity index (χ4n) is 2.65. The SMILES string of the molecule is CCCC(C)C(NCC)c1cnn2ccccc12. The minimum Gasteiger partial charge on any atom is -0.310 e. The van der Waals surface area contributed by atoms with Gasteiger partial charge in [-0.3, -0.25) is 0 Å². The highest BCUT2D eigenvalue weighted by Gasteiger charge is 2.21. The first-order valence-electron chi connectivity index (χ1n) is 6.93. The Hall–Kier alpha value is -1.35. The molecule has 0 saturated heterocycles. The van der Waals surface area contributed by atoms with Crippen molar-refractivity contribution >= 4 is 5.52 Å². The van der Waals surface area contributed by atoms with Gasteiger partial charge in [-0.25, -0.2) is 4.52 Å². The van der Waals surface area contributed by atoms with E-state index in [0.29, 0.717) is 12.0 Å². The molecule has 0 aliphatic heterocycles. The zero-order valence-corrected chi connectivity index (χ0v) is 11.6. The Morgan fingerprint density at radius 2 is 2.17 bits per heavy atom. The maximum absolute atomic E-state index is 4.44. The van der Waals surface area contributed by atoms with Crippen molar-refractivity contribution in [3.8, 4) is 0 Å². The molecule has 0 bridgehead atoms. The Morgan fingerprint density at radius 1 is 1.33 bits per heavy atom. The standard InChI is InChI=1S/C15H23N3/c1-4-8-12(3)15(16-5-2)13-11-17-18-10-7-6-9-14(13)18/h6-7,9-12,15-16H,4-5,8H2,1-3H3. The normalized spacial score (nSPS) is 14.8. The molecule has 18 heavy (non-hydrogen) atoms. The number of rotatable bonds is 6. The number of hydrogen-bond donors (Lipinski definition) is 1. The summed E-state index contributed by atoms with van der Waals surface area (Å²) in [7, 11) is 0. The highest BCUT2D eigenvalue weighted by molar-refractivity contribution is 5.55. The van der Waals surface area contributed by atoms with Crippen molar-refractivity contribution in [2.45, 2.75) is 39.7 Å². The van der Waals surface area contributed by atoms with Crippen molar-refractivity contribution in [2.24, 2.45) is 5.92 Å². The van der Waals surface area contributed by atoms with Crippen LogP contribution in [0.4, 0.5) is 0 Å². The first-order valence-corrected chi connectivity index (χ1v) is 6.93. The zero-order chi connectivity index (χ0) is 13.0. The molecule has 2 atom stereocenters. The number of hydrogen-bond acceptors (Lipinski definition) is 2. The summed E-state index contributed by atoms with van der Waals surface area (Å²) in [4.78, 5) is 0. The number of nitrogens with one attached hydrogen (secondary N) is 1. The fourth-order valence-corrected chi connectivity index (χ4v) is 2.65. The second-order valence-electron chi connectivity index (χ2n) is 4.93. The van der Waals surface area contributed by atoms with E-state index in [4.69, 9.17) is 0 Å². The van der Waals surface area contributed by atoms with Gasteiger partial charge in [0.15, 0.2) is 0 Å². The summed E-state index contributed by atoms with van der Waals surface area (Å²) in [5, 5.41) is 8.05. The number of fused-ring (bicyclic) bond motifs is 1. The third-order valence-electron chi connectivity index (χ3n) is 3.53. The van der Waals surface area contributed by atoms with Crippen LogP contribution in [0.25, 0.3) is 5.52 Å². The van der Waals surface area contributed by atoms with Gasteiger partial charge in [-0.05, 0) is 31.0 Å². The predicted octanol–water partition coefficient (Wildman–Crippen LogP) is 3.42. The monoisotopic (exact) mass is 245 g/mol. The molecule has 3 heteroatoms. The highest BCUT2D eigenvalue weighted by Crippen LogP contribution is 2.28. The van der Waals surface area contributed by atoms with E-state index in [0.717, 1.165) is 6.54 Å². The second-order valence-corrected chi connectivity index (χ2v) is 4.93. The third kappa shape index (κ3) is 2.56. The summed E-state index contributed by atoms with van der Waals surface area (Å²) >= 11 is 0. The van der Waals surface area contributed by atoms with Crippen molar-refractivity contribution in [1.82, 2.24) is 14.9 Å². The molecule has 2 aromatic heterocycles. The lowest BCUT2D eigenvalue weighted by Gasteiger charge is -2.24. The van der Waals surface area contributed by atoms with E-state index in [1.807, 2.05) is 23.0 Å². The van der Waals surface area contributed by atoms with Gasteiger partial charge in [-0.2, -0.15) is 5.10 Å². The molecule has 2 heterocycles. The lowest BCUT2D eigenvalue weighted by molar-refractivity contribution is 0.371. The minimum absolute atomic E-state index is 0.398. The molecule has 0 fully saturated rings. The fraction of sp³-hybridized carbons (Fsp3) is 0.533. The molecule has 0 aliphatic carbocycles. The maximum atomic E-state index is 4.44. The van der Waals surface area contributed by atoms with Crippen molar-refractivity contribution in [3.63, 3.8) is 0 Å². The molecule has 2 rings (SSSR count). The van der Waals surface area contributed by atoms with Crippen LogP contribution >= 0.6 is 0 Å². The molecular weight excluding hydrogens is 222 g/mol. The molecule has 0 radical (unpaired) electrons. The average molecular weight is 245 g/mol. The Labute approximate surface area is 109 Å². The van der Waals surface area contributed by atoms with Gasteiger partial charge in [0, 0.05) is 17.8 Å². The van der Waals surface area contributed by atoms with Crippen LogP contribution < -0.4 is 5.32 Å². The van der Waals surface area contributed by atoms with Gasteiger partial charge in [-0.1, -0.05) is 33.3 Å². The van der Waals surface area contributed by atoms with Gasteiger partial charge >= 0.3 is 0 Å². The molecule has 0 spiro atoms.